The molecule has 1 N–H and O–H groups in total. The third kappa shape index (κ3) is 3.25. The first-order chi connectivity index (χ1) is 11.5. The largest absolute Gasteiger partial charge is 0.481 e. The van der Waals surface area contributed by atoms with Crippen LogP contribution in [0.2, 0.25) is 0 Å². The molecular formula is C19H23N3O2. The van der Waals surface area contributed by atoms with E-state index in [1.807, 2.05) is 12.1 Å². The number of nitrogens with zero attached hydrogens (tertiary/aromatic N) is 3. The minimum atomic E-state index is -0.693. The van der Waals surface area contributed by atoms with E-state index in [1.165, 1.54) is 16.7 Å². The van der Waals surface area contributed by atoms with Gasteiger partial charge in [-0.1, -0.05) is 17.7 Å². The van der Waals surface area contributed by atoms with Crippen LogP contribution < -0.4 is 4.90 Å². The molecule has 3 rings (SSSR count). The van der Waals surface area contributed by atoms with Gasteiger partial charge in [0, 0.05) is 18.7 Å². The van der Waals surface area contributed by atoms with Crippen LogP contribution in [0, 0.1) is 26.7 Å². The first-order valence-electron chi connectivity index (χ1n) is 8.35. The fourth-order valence-electron chi connectivity index (χ4n) is 3.57. The Morgan fingerprint density at radius 2 is 1.71 bits per heavy atom. The number of hydrogen-bond acceptors (Lipinski definition) is 4. The van der Waals surface area contributed by atoms with Crippen LogP contribution in [0.15, 0.2) is 24.3 Å². The van der Waals surface area contributed by atoms with Gasteiger partial charge in [0.15, 0.2) is 5.82 Å². The van der Waals surface area contributed by atoms with Gasteiger partial charge in [0.05, 0.1) is 11.6 Å². The molecule has 1 saturated heterocycles. The van der Waals surface area contributed by atoms with Gasteiger partial charge >= 0.3 is 5.97 Å². The molecule has 1 aromatic carbocycles. The Morgan fingerprint density at radius 1 is 1.08 bits per heavy atom. The van der Waals surface area contributed by atoms with E-state index >= 15 is 0 Å². The molecule has 0 saturated carbocycles. The number of aryl methyl sites for hydroxylation is 3. The monoisotopic (exact) mass is 325 g/mol. The Bertz CT molecular complexity index is 725. The topological polar surface area (TPSA) is 66.3 Å². The summed E-state index contributed by atoms with van der Waals surface area (Å²) in [4.78, 5) is 13.2. The second kappa shape index (κ2) is 6.59. The molecule has 1 aromatic heterocycles. The van der Waals surface area contributed by atoms with Crippen molar-refractivity contribution in [2.75, 3.05) is 18.0 Å². The van der Waals surface area contributed by atoms with E-state index in [0.717, 1.165) is 17.1 Å². The van der Waals surface area contributed by atoms with Crippen molar-refractivity contribution in [1.29, 1.82) is 0 Å². The van der Waals surface area contributed by atoms with Gasteiger partial charge < -0.3 is 10.0 Å². The summed E-state index contributed by atoms with van der Waals surface area (Å²) in [6.07, 6.45) is 1.32. The number of anilines is 1. The molecule has 1 aliphatic rings. The summed E-state index contributed by atoms with van der Waals surface area (Å²) in [5, 5.41) is 17.9. The Kier molecular flexibility index (Phi) is 4.51. The van der Waals surface area contributed by atoms with Crippen molar-refractivity contribution >= 4 is 11.8 Å². The Labute approximate surface area is 142 Å². The van der Waals surface area contributed by atoms with E-state index in [0.29, 0.717) is 25.9 Å². The van der Waals surface area contributed by atoms with Crippen molar-refractivity contribution in [3.63, 3.8) is 0 Å². The van der Waals surface area contributed by atoms with E-state index in [1.54, 1.807) is 0 Å². The van der Waals surface area contributed by atoms with Gasteiger partial charge in [-0.3, -0.25) is 4.79 Å². The van der Waals surface area contributed by atoms with Crippen LogP contribution in [0.1, 0.15) is 29.5 Å². The number of rotatable bonds is 3. The first-order valence-corrected chi connectivity index (χ1v) is 8.35. The molecule has 126 valence electrons. The summed E-state index contributed by atoms with van der Waals surface area (Å²) >= 11 is 0. The van der Waals surface area contributed by atoms with E-state index in [2.05, 4.69) is 48.0 Å². The fourth-order valence-corrected chi connectivity index (χ4v) is 3.57. The highest BCUT2D eigenvalue weighted by molar-refractivity contribution is 5.70. The van der Waals surface area contributed by atoms with Crippen LogP contribution in [0.4, 0.5) is 5.82 Å². The smallest absolute Gasteiger partial charge is 0.306 e. The third-order valence-corrected chi connectivity index (χ3v) is 4.75. The number of aromatic nitrogens is 2. The van der Waals surface area contributed by atoms with Gasteiger partial charge in [0.1, 0.15) is 0 Å². The molecular weight excluding hydrogens is 302 g/mol. The maximum Gasteiger partial charge on any atom is 0.306 e. The van der Waals surface area contributed by atoms with Crippen molar-refractivity contribution in [1.82, 2.24) is 10.2 Å². The SMILES string of the molecule is Cc1cc(C)c(-c2ccc(N3CCC(C(=O)O)CC3)nn2)c(C)c1. The second-order valence-electron chi connectivity index (χ2n) is 6.65. The van der Waals surface area contributed by atoms with Crippen LogP contribution >= 0.6 is 0 Å². The van der Waals surface area contributed by atoms with Gasteiger partial charge in [-0.15, -0.1) is 10.2 Å². The molecule has 2 heterocycles. The maximum absolute atomic E-state index is 11.0. The zero-order valence-corrected chi connectivity index (χ0v) is 14.4. The van der Waals surface area contributed by atoms with Crippen LogP contribution in [0.5, 0.6) is 0 Å². The van der Waals surface area contributed by atoms with Crippen molar-refractivity contribution < 1.29 is 9.90 Å². The normalized spacial score (nSPS) is 15.5. The summed E-state index contributed by atoms with van der Waals surface area (Å²) in [7, 11) is 0. The summed E-state index contributed by atoms with van der Waals surface area (Å²) < 4.78 is 0. The van der Waals surface area contributed by atoms with E-state index in [4.69, 9.17) is 5.11 Å². The summed E-state index contributed by atoms with van der Waals surface area (Å²) in [5.41, 5.74) is 5.69. The van der Waals surface area contributed by atoms with Crippen molar-refractivity contribution in [2.24, 2.45) is 5.92 Å². The minimum absolute atomic E-state index is 0.230. The van der Waals surface area contributed by atoms with E-state index in [-0.39, 0.29) is 5.92 Å². The number of benzene rings is 1. The number of carboxylic acid groups (broad SMARTS) is 1. The quantitative estimate of drug-likeness (QED) is 0.937. The highest BCUT2D eigenvalue weighted by atomic mass is 16.4. The lowest BCUT2D eigenvalue weighted by Gasteiger charge is -2.30. The van der Waals surface area contributed by atoms with Gasteiger partial charge in [-0.25, -0.2) is 0 Å². The third-order valence-electron chi connectivity index (χ3n) is 4.75. The number of aliphatic carboxylic acids is 1. The van der Waals surface area contributed by atoms with Gasteiger partial charge in [-0.2, -0.15) is 0 Å². The van der Waals surface area contributed by atoms with E-state index < -0.39 is 5.97 Å². The molecule has 0 unspecified atom stereocenters. The lowest BCUT2D eigenvalue weighted by Crippen LogP contribution is -2.36. The van der Waals surface area contributed by atoms with Crippen LogP contribution in [0.25, 0.3) is 11.3 Å². The molecule has 5 nitrogen and oxygen atoms in total. The molecule has 0 atom stereocenters. The molecule has 0 radical (unpaired) electrons. The van der Waals surface area contributed by atoms with Gasteiger partial charge in [-0.05, 0) is 56.9 Å². The molecule has 0 aliphatic carbocycles. The second-order valence-corrected chi connectivity index (χ2v) is 6.65. The van der Waals surface area contributed by atoms with Crippen molar-refractivity contribution in [3.8, 4) is 11.3 Å². The molecule has 1 fully saturated rings. The molecule has 24 heavy (non-hydrogen) atoms. The van der Waals surface area contributed by atoms with E-state index in [9.17, 15) is 4.79 Å². The predicted octanol–water partition coefficient (Wildman–Crippen LogP) is 3.37. The van der Waals surface area contributed by atoms with Crippen LogP contribution in [-0.2, 0) is 4.79 Å². The van der Waals surface area contributed by atoms with Crippen LogP contribution in [-0.4, -0.2) is 34.4 Å². The number of hydrogen-bond donors (Lipinski definition) is 1. The highest BCUT2D eigenvalue weighted by Gasteiger charge is 2.25. The zero-order valence-electron chi connectivity index (χ0n) is 14.4. The highest BCUT2D eigenvalue weighted by Crippen LogP contribution is 2.28. The predicted molar refractivity (Wildman–Crippen MR) is 94.3 cm³/mol. The number of piperidine rings is 1. The van der Waals surface area contributed by atoms with Gasteiger partial charge in [0.25, 0.3) is 0 Å². The summed E-state index contributed by atoms with van der Waals surface area (Å²) in [6.45, 7) is 7.73. The first kappa shape index (κ1) is 16.4. The molecule has 0 amide bonds. The average molecular weight is 325 g/mol. The maximum atomic E-state index is 11.0. The molecule has 0 bridgehead atoms. The molecule has 1 aliphatic heterocycles. The molecule has 5 heteroatoms. The molecule has 2 aromatic rings. The van der Waals surface area contributed by atoms with Gasteiger partial charge in [0.2, 0.25) is 0 Å². The molecule has 0 spiro atoms. The lowest BCUT2D eigenvalue weighted by molar-refractivity contribution is -0.142. The Morgan fingerprint density at radius 3 is 2.21 bits per heavy atom. The summed E-state index contributed by atoms with van der Waals surface area (Å²) in [5.74, 6) is -0.0993. The van der Waals surface area contributed by atoms with Crippen molar-refractivity contribution in [3.05, 3.63) is 41.0 Å². The minimum Gasteiger partial charge on any atom is -0.481 e. The zero-order chi connectivity index (χ0) is 17.3. The average Bonchev–Trinajstić information content (AvgIpc) is 2.54. The van der Waals surface area contributed by atoms with Crippen LogP contribution in [0.3, 0.4) is 0 Å². The Balaban J connectivity index is 1.79. The van der Waals surface area contributed by atoms with Crippen molar-refractivity contribution in [2.45, 2.75) is 33.6 Å². The standard InChI is InChI=1S/C19H23N3O2/c1-12-10-13(2)18(14(3)11-12)16-4-5-17(21-20-16)22-8-6-15(7-9-22)19(23)24/h4-5,10-11,15H,6-9H2,1-3H3,(H,23,24). The number of carbonyl (C=O) groups is 1. The summed E-state index contributed by atoms with van der Waals surface area (Å²) in [6, 6.07) is 8.32. The lowest BCUT2D eigenvalue weighted by atomic mass is 9.96. The number of carboxylic acids is 1. The Hall–Kier alpha value is -2.43. The fraction of sp³-hybridized carbons (Fsp3) is 0.421.